The predicted molar refractivity (Wildman–Crippen MR) is 118 cm³/mol. The first-order valence-electron chi connectivity index (χ1n) is 11.2. The van der Waals surface area contributed by atoms with E-state index in [4.69, 9.17) is 19.3 Å². The molecule has 2 saturated heterocycles. The van der Waals surface area contributed by atoms with Gasteiger partial charge in [0.15, 0.2) is 18.1 Å². The van der Waals surface area contributed by atoms with Gasteiger partial charge in [-0.2, -0.15) is 0 Å². The molecule has 8 nitrogen and oxygen atoms in total. The summed E-state index contributed by atoms with van der Waals surface area (Å²) in [4.78, 5) is 26.3. The van der Waals surface area contributed by atoms with Crippen LogP contribution in [0, 0.1) is 5.92 Å². The maximum Gasteiger partial charge on any atom is 0.341 e. The molecule has 0 saturated carbocycles. The number of carbonyl (C=O) groups is 2. The topological polar surface area (TPSA) is 106 Å². The van der Waals surface area contributed by atoms with Crippen LogP contribution >= 0.6 is 0 Å². The number of rotatable bonds is 4. The van der Waals surface area contributed by atoms with E-state index in [1.807, 2.05) is 24.8 Å². The van der Waals surface area contributed by atoms with E-state index in [1.54, 1.807) is 36.4 Å². The summed E-state index contributed by atoms with van der Waals surface area (Å²) in [7, 11) is 0. The smallest absolute Gasteiger partial charge is 0.341 e. The van der Waals surface area contributed by atoms with Crippen molar-refractivity contribution in [3.05, 3.63) is 53.6 Å². The fourth-order valence-electron chi connectivity index (χ4n) is 5.40. The Morgan fingerprint density at radius 2 is 1.97 bits per heavy atom. The van der Waals surface area contributed by atoms with Gasteiger partial charge in [0.05, 0.1) is 23.8 Å². The van der Waals surface area contributed by atoms with E-state index < -0.39 is 18.2 Å². The highest BCUT2D eigenvalue weighted by Crippen LogP contribution is 2.54. The quantitative estimate of drug-likeness (QED) is 0.731. The van der Waals surface area contributed by atoms with Crippen LogP contribution in [-0.2, 0) is 9.53 Å². The molecule has 2 aromatic rings. The monoisotopic (exact) mass is 453 g/mol. The Hall–Kier alpha value is -3.26. The first-order chi connectivity index (χ1) is 15.8. The molecule has 33 heavy (non-hydrogen) atoms. The third-order valence-electron chi connectivity index (χ3n) is 6.99. The molecule has 3 heterocycles. The average molecular weight is 453 g/mol. The van der Waals surface area contributed by atoms with Gasteiger partial charge in [0.2, 0.25) is 0 Å². The predicted octanol–water partition coefficient (Wildman–Crippen LogP) is 3.39. The van der Waals surface area contributed by atoms with Gasteiger partial charge in [-0.05, 0) is 44.9 Å². The highest BCUT2D eigenvalue weighted by atomic mass is 16.5. The maximum atomic E-state index is 13.5. The van der Waals surface area contributed by atoms with Crippen LogP contribution in [0.1, 0.15) is 48.7 Å². The zero-order valence-electron chi connectivity index (χ0n) is 18.6. The second-order valence-corrected chi connectivity index (χ2v) is 9.37. The standard InChI is InChI=1S/C25H27NO7/c1-25(2)16-12-17-20(32-22(16)15-7-5-8-18(27)23(15)33-25)10-11-26(17)24(30)14-6-3-4-9-19(14)31-13-21(28)29/h3-9,16-17,20,22,27H,10-13H2,1-2H3,(H,28,29)/t16-,17-,20-,22+/m1/s1. The van der Waals surface area contributed by atoms with E-state index in [9.17, 15) is 14.7 Å². The van der Waals surface area contributed by atoms with Gasteiger partial charge in [-0.3, -0.25) is 4.79 Å². The van der Waals surface area contributed by atoms with Crippen LogP contribution in [0.2, 0.25) is 0 Å². The molecule has 174 valence electrons. The number of carboxylic acids is 1. The third kappa shape index (κ3) is 3.68. The Bertz CT molecular complexity index is 1100. The summed E-state index contributed by atoms with van der Waals surface area (Å²) in [6.07, 6.45) is 1.04. The lowest BCUT2D eigenvalue weighted by Gasteiger charge is -2.50. The van der Waals surface area contributed by atoms with Crippen molar-refractivity contribution in [1.82, 2.24) is 4.90 Å². The number of hydrogen-bond acceptors (Lipinski definition) is 6. The lowest BCUT2D eigenvalue weighted by Crippen LogP contribution is -2.54. The highest BCUT2D eigenvalue weighted by Gasteiger charge is 2.54. The van der Waals surface area contributed by atoms with Crippen LogP contribution in [0.25, 0.3) is 0 Å². The van der Waals surface area contributed by atoms with E-state index in [0.717, 1.165) is 5.56 Å². The van der Waals surface area contributed by atoms with E-state index in [1.165, 1.54) is 0 Å². The van der Waals surface area contributed by atoms with Crippen molar-refractivity contribution >= 4 is 11.9 Å². The fourth-order valence-corrected chi connectivity index (χ4v) is 5.40. The van der Waals surface area contributed by atoms with Gasteiger partial charge in [0.1, 0.15) is 11.4 Å². The van der Waals surface area contributed by atoms with E-state index >= 15 is 0 Å². The minimum Gasteiger partial charge on any atom is -0.504 e. The summed E-state index contributed by atoms with van der Waals surface area (Å²) in [5, 5.41) is 19.3. The van der Waals surface area contributed by atoms with Gasteiger partial charge in [0, 0.05) is 18.0 Å². The van der Waals surface area contributed by atoms with E-state index in [-0.39, 0.29) is 41.6 Å². The molecule has 8 heteroatoms. The maximum absolute atomic E-state index is 13.5. The lowest BCUT2D eigenvalue weighted by atomic mass is 9.74. The first-order valence-corrected chi connectivity index (χ1v) is 11.2. The second-order valence-electron chi connectivity index (χ2n) is 9.37. The number of phenols is 1. The Morgan fingerprint density at radius 1 is 1.18 bits per heavy atom. The normalized spacial score (nSPS) is 27.0. The SMILES string of the molecule is CC1(C)Oc2c(O)cccc2[C@@H]2O[C@@H]3CCN(C(=O)c4ccccc4OCC(=O)O)[C@@H]3C[C@H]21. The highest BCUT2D eigenvalue weighted by molar-refractivity contribution is 5.97. The van der Waals surface area contributed by atoms with Crippen LogP contribution < -0.4 is 9.47 Å². The minimum absolute atomic E-state index is 0.0139. The summed E-state index contributed by atoms with van der Waals surface area (Å²) in [6.45, 7) is 4.00. The molecule has 1 amide bonds. The Kier molecular flexibility index (Phi) is 5.20. The van der Waals surface area contributed by atoms with Crippen molar-refractivity contribution in [2.75, 3.05) is 13.2 Å². The number of nitrogens with zero attached hydrogens (tertiary/aromatic N) is 1. The largest absolute Gasteiger partial charge is 0.504 e. The zero-order valence-corrected chi connectivity index (χ0v) is 18.6. The van der Waals surface area contributed by atoms with Gasteiger partial charge in [0.25, 0.3) is 5.91 Å². The molecule has 0 aliphatic carbocycles. The van der Waals surface area contributed by atoms with Crippen LogP contribution in [0.4, 0.5) is 0 Å². The van der Waals surface area contributed by atoms with Gasteiger partial charge < -0.3 is 29.3 Å². The van der Waals surface area contributed by atoms with Crippen molar-refractivity contribution in [2.24, 2.45) is 5.92 Å². The molecule has 2 N–H and O–H groups in total. The lowest BCUT2D eigenvalue weighted by molar-refractivity contribution is -0.160. The average Bonchev–Trinajstić information content (AvgIpc) is 3.20. The molecule has 4 atom stereocenters. The number of para-hydroxylation sites is 2. The molecule has 0 radical (unpaired) electrons. The molecule has 0 aromatic heterocycles. The van der Waals surface area contributed by atoms with Gasteiger partial charge in [-0.1, -0.05) is 24.3 Å². The number of aliphatic carboxylic acids is 1. The number of likely N-dealkylation sites (tertiary alicyclic amines) is 1. The van der Waals surface area contributed by atoms with Crippen LogP contribution in [0.3, 0.4) is 0 Å². The summed E-state index contributed by atoms with van der Waals surface area (Å²) in [6, 6.07) is 11.9. The number of hydrogen-bond donors (Lipinski definition) is 2. The van der Waals surface area contributed by atoms with E-state index in [2.05, 4.69) is 0 Å². The number of aromatic hydroxyl groups is 1. The Morgan fingerprint density at radius 3 is 2.76 bits per heavy atom. The molecule has 3 aliphatic rings. The van der Waals surface area contributed by atoms with Crippen LogP contribution in [0.5, 0.6) is 17.2 Å². The van der Waals surface area contributed by atoms with E-state index in [0.29, 0.717) is 30.7 Å². The zero-order chi connectivity index (χ0) is 23.3. The molecule has 0 spiro atoms. The summed E-state index contributed by atoms with van der Waals surface area (Å²) >= 11 is 0. The minimum atomic E-state index is -1.10. The number of amides is 1. The Labute approximate surface area is 191 Å². The summed E-state index contributed by atoms with van der Waals surface area (Å²) < 4.78 is 18.1. The molecule has 2 fully saturated rings. The summed E-state index contributed by atoms with van der Waals surface area (Å²) in [5.74, 6) is -0.480. The number of carbonyl (C=O) groups excluding carboxylic acids is 1. The summed E-state index contributed by atoms with van der Waals surface area (Å²) in [5.41, 5.74) is 0.590. The Balaban J connectivity index is 1.42. The molecule has 5 rings (SSSR count). The van der Waals surface area contributed by atoms with Crippen molar-refractivity contribution in [2.45, 2.75) is 50.5 Å². The van der Waals surface area contributed by atoms with Crippen molar-refractivity contribution in [3.63, 3.8) is 0 Å². The van der Waals surface area contributed by atoms with Crippen molar-refractivity contribution < 1.29 is 34.0 Å². The number of fused-ring (bicyclic) bond motifs is 4. The molecule has 2 aromatic carbocycles. The number of ether oxygens (including phenoxy) is 3. The van der Waals surface area contributed by atoms with Gasteiger partial charge in [-0.25, -0.2) is 4.79 Å². The number of phenolic OH excluding ortho intramolecular Hbond substituents is 1. The number of carboxylic acid groups (broad SMARTS) is 1. The van der Waals surface area contributed by atoms with Gasteiger partial charge in [-0.15, -0.1) is 0 Å². The first kappa shape index (κ1) is 21.6. The van der Waals surface area contributed by atoms with Crippen molar-refractivity contribution in [3.8, 4) is 17.2 Å². The van der Waals surface area contributed by atoms with Crippen molar-refractivity contribution in [1.29, 1.82) is 0 Å². The fraction of sp³-hybridized carbons (Fsp3) is 0.440. The molecular weight excluding hydrogens is 426 g/mol. The van der Waals surface area contributed by atoms with Crippen LogP contribution in [-0.4, -0.2) is 57.9 Å². The van der Waals surface area contributed by atoms with Gasteiger partial charge >= 0.3 is 5.97 Å². The number of benzene rings is 2. The third-order valence-corrected chi connectivity index (χ3v) is 6.99. The van der Waals surface area contributed by atoms with Crippen LogP contribution in [0.15, 0.2) is 42.5 Å². The molecule has 3 aliphatic heterocycles. The second kappa shape index (κ2) is 7.95. The molecular formula is C25H27NO7. The molecule has 0 bridgehead atoms. The molecule has 0 unspecified atom stereocenters.